The minimum absolute atomic E-state index is 0.221. The molecule has 0 atom stereocenters. The first-order chi connectivity index (χ1) is 10.0. The van der Waals surface area contributed by atoms with Gasteiger partial charge in [-0.25, -0.2) is 13.1 Å². The number of halogens is 1. The maximum atomic E-state index is 12.2. The van der Waals surface area contributed by atoms with Gasteiger partial charge in [0.25, 0.3) is 0 Å². The fraction of sp³-hybridized carbons (Fsp3) is 0.600. The minimum atomic E-state index is -3.47. The molecule has 0 bridgehead atoms. The SMILES string of the molecule is CCCCCCCCNS(=O)(=O)c1ccc(Cl)c(CN)c1. The summed E-state index contributed by atoms with van der Waals surface area (Å²) in [4.78, 5) is 0.221. The zero-order valence-corrected chi connectivity index (χ0v) is 14.1. The Kier molecular flexibility index (Phi) is 8.26. The highest BCUT2D eigenvalue weighted by molar-refractivity contribution is 7.89. The molecule has 1 aromatic rings. The highest BCUT2D eigenvalue weighted by Gasteiger charge is 2.14. The summed E-state index contributed by atoms with van der Waals surface area (Å²) in [6.45, 7) is 2.87. The van der Waals surface area contributed by atoms with Gasteiger partial charge < -0.3 is 5.73 Å². The maximum absolute atomic E-state index is 12.2. The summed E-state index contributed by atoms with van der Waals surface area (Å²) in [5, 5.41) is 0.493. The van der Waals surface area contributed by atoms with Crippen LogP contribution in [0.2, 0.25) is 5.02 Å². The number of rotatable bonds is 10. The van der Waals surface area contributed by atoms with E-state index in [0.717, 1.165) is 19.3 Å². The van der Waals surface area contributed by atoms with Gasteiger partial charge in [0.05, 0.1) is 4.90 Å². The molecular formula is C15H25ClN2O2S. The van der Waals surface area contributed by atoms with Crippen molar-refractivity contribution in [1.82, 2.24) is 4.72 Å². The molecule has 0 saturated carbocycles. The summed E-state index contributed by atoms with van der Waals surface area (Å²) in [7, 11) is -3.47. The van der Waals surface area contributed by atoms with Crippen molar-refractivity contribution in [2.45, 2.75) is 56.9 Å². The third-order valence-corrected chi connectivity index (χ3v) is 5.20. The predicted octanol–water partition coefficient (Wildman–Crippen LogP) is 3.44. The van der Waals surface area contributed by atoms with Crippen LogP contribution in [0.5, 0.6) is 0 Å². The molecule has 0 heterocycles. The first-order valence-corrected chi connectivity index (χ1v) is 9.35. The van der Waals surface area contributed by atoms with E-state index in [2.05, 4.69) is 11.6 Å². The van der Waals surface area contributed by atoms with Gasteiger partial charge in [0.15, 0.2) is 0 Å². The Morgan fingerprint density at radius 2 is 1.81 bits per heavy atom. The van der Waals surface area contributed by atoms with E-state index >= 15 is 0 Å². The molecule has 0 aliphatic carbocycles. The van der Waals surface area contributed by atoms with Gasteiger partial charge >= 0.3 is 0 Å². The van der Waals surface area contributed by atoms with Gasteiger partial charge in [-0.05, 0) is 30.2 Å². The van der Waals surface area contributed by atoms with Crippen molar-refractivity contribution in [2.24, 2.45) is 5.73 Å². The summed E-state index contributed by atoms with van der Waals surface area (Å²) in [5.41, 5.74) is 6.18. The highest BCUT2D eigenvalue weighted by Crippen LogP contribution is 2.20. The number of nitrogens with two attached hydrogens (primary N) is 1. The predicted molar refractivity (Wildman–Crippen MR) is 87.9 cm³/mol. The average Bonchev–Trinajstić information content (AvgIpc) is 2.46. The van der Waals surface area contributed by atoms with Crippen LogP contribution >= 0.6 is 11.6 Å². The molecule has 1 rings (SSSR count). The molecule has 0 aliphatic rings. The Balaban J connectivity index is 2.46. The van der Waals surface area contributed by atoms with E-state index in [1.54, 1.807) is 6.07 Å². The number of unbranched alkanes of at least 4 members (excludes halogenated alkanes) is 5. The van der Waals surface area contributed by atoms with Crippen LogP contribution in [0.1, 0.15) is 51.0 Å². The van der Waals surface area contributed by atoms with E-state index in [9.17, 15) is 8.42 Å². The fourth-order valence-corrected chi connectivity index (χ4v) is 3.39. The van der Waals surface area contributed by atoms with Crippen LogP contribution in [0.3, 0.4) is 0 Å². The zero-order valence-electron chi connectivity index (χ0n) is 12.6. The van der Waals surface area contributed by atoms with E-state index in [4.69, 9.17) is 17.3 Å². The lowest BCUT2D eigenvalue weighted by Gasteiger charge is -2.09. The van der Waals surface area contributed by atoms with Crippen LogP contribution in [-0.2, 0) is 16.6 Å². The second-order valence-corrected chi connectivity index (χ2v) is 7.30. The van der Waals surface area contributed by atoms with Crippen molar-refractivity contribution in [3.63, 3.8) is 0 Å². The summed E-state index contributed by atoms with van der Waals surface area (Å²) >= 11 is 5.94. The van der Waals surface area contributed by atoms with Crippen molar-refractivity contribution in [1.29, 1.82) is 0 Å². The van der Waals surface area contributed by atoms with Gasteiger partial charge in [-0.2, -0.15) is 0 Å². The summed E-state index contributed by atoms with van der Waals surface area (Å²) < 4.78 is 26.9. The molecule has 0 aliphatic heterocycles. The van der Waals surface area contributed by atoms with Crippen molar-refractivity contribution in [2.75, 3.05) is 6.54 Å². The van der Waals surface area contributed by atoms with Crippen LogP contribution < -0.4 is 10.5 Å². The lowest BCUT2D eigenvalue weighted by atomic mass is 10.1. The first kappa shape index (κ1) is 18.4. The normalized spacial score (nSPS) is 11.8. The number of benzene rings is 1. The molecule has 0 radical (unpaired) electrons. The Morgan fingerprint density at radius 3 is 2.48 bits per heavy atom. The maximum Gasteiger partial charge on any atom is 0.240 e. The molecule has 0 spiro atoms. The van der Waals surface area contributed by atoms with Crippen LogP contribution in [0.15, 0.2) is 23.1 Å². The Labute approximate surface area is 133 Å². The highest BCUT2D eigenvalue weighted by atomic mass is 35.5. The monoisotopic (exact) mass is 332 g/mol. The zero-order chi connectivity index (χ0) is 15.7. The van der Waals surface area contributed by atoms with E-state index < -0.39 is 10.0 Å². The topological polar surface area (TPSA) is 72.2 Å². The van der Waals surface area contributed by atoms with Crippen molar-refractivity contribution < 1.29 is 8.42 Å². The Hall–Kier alpha value is -0.620. The lowest BCUT2D eigenvalue weighted by molar-refractivity contribution is 0.567. The average molecular weight is 333 g/mol. The molecule has 3 N–H and O–H groups in total. The van der Waals surface area contributed by atoms with Crippen molar-refractivity contribution in [3.05, 3.63) is 28.8 Å². The molecule has 120 valence electrons. The third kappa shape index (κ3) is 6.34. The van der Waals surface area contributed by atoms with Gasteiger partial charge in [0, 0.05) is 18.1 Å². The van der Waals surface area contributed by atoms with E-state index in [0.29, 0.717) is 17.1 Å². The van der Waals surface area contributed by atoms with Crippen LogP contribution in [0, 0.1) is 0 Å². The summed E-state index contributed by atoms with van der Waals surface area (Å²) in [6, 6.07) is 4.61. The molecule has 0 unspecified atom stereocenters. The fourth-order valence-electron chi connectivity index (χ4n) is 2.07. The van der Waals surface area contributed by atoms with Crippen LogP contribution in [0.25, 0.3) is 0 Å². The first-order valence-electron chi connectivity index (χ1n) is 7.49. The largest absolute Gasteiger partial charge is 0.326 e. The second kappa shape index (κ2) is 9.41. The summed E-state index contributed by atoms with van der Waals surface area (Å²) in [5.74, 6) is 0. The Morgan fingerprint density at radius 1 is 1.14 bits per heavy atom. The van der Waals surface area contributed by atoms with Gasteiger partial charge in [-0.3, -0.25) is 0 Å². The van der Waals surface area contributed by atoms with Gasteiger partial charge in [-0.1, -0.05) is 50.6 Å². The number of nitrogens with one attached hydrogen (secondary N) is 1. The standard InChI is InChI=1S/C15H25ClN2O2S/c1-2-3-4-5-6-7-10-18-21(19,20)14-8-9-15(16)13(11-14)12-17/h8-9,11,18H,2-7,10,12,17H2,1H3. The van der Waals surface area contributed by atoms with Gasteiger partial charge in [-0.15, -0.1) is 0 Å². The number of hydrogen-bond donors (Lipinski definition) is 2. The quantitative estimate of drug-likeness (QED) is 0.645. The number of hydrogen-bond acceptors (Lipinski definition) is 3. The van der Waals surface area contributed by atoms with Crippen molar-refractivity contribution in [3.8, 4) is 0 Å². The van der Waals surface area contributed by atoms with Crippen LogP contribution in [0.4, 0.5) is 0 Å². The summed E-state index contributed by atoms with van der Waals surface area (Å²) in [6.07, 6.45) is 6.76. The lowest BCUT2D eigenvalue weighted by Crippen LogP contribution is -2.25. The molecular weight excluding hydrogens is 308 g/mol. The molecule has 0 amide bonds. The molecule has 1 aromatic carbocycles. The van der Waals surface area contributed by atoms with Gasteiger partial charge in [0.1, 0.15) is 0 Å². The van der Waals surface area contributed by atoms with Crippen LogP contribution in [-0.4, -0.2) is 15.0 Å². The third-order valence-electron chi connectivity index (χ3n) is 3.37. The smallest absolute Gasteiger partial charge is 0.240 e. The van der Waals surface area contributed by atoms with Gasteiger partial charge in [0.2, 0.25) is 10.0 Å². The molecule has 0 aromatic heterocycles. The second-order valence-electron chi connectivity index (χ2n) is 5.12. The Bertz CT molecular complexity index is 532. The minimum Gasteiger partial charge on any atom is -0.326 e. The molecule has 0 fully saturated rings. The molecule has 21 heavy (non-hydrogen) atoms. The van der Waals surface area contributed by atoms with Crippen molar-refractivity contribution >= 4 is 21.6 Å². The molecule has 0 saturated heterocycles. The van der Waals surface area contributed by atoms with E-state index in [1.807, 2.05) is 0 Å². The molecule has 4 nitrogen and oxygen atoms in total. The van der Waals surface area contributed by atoms with E-state index in [-0.39, 0.29) is 11.4 Å². The number of sulfonamides is 1. The molecule has 6 heteroatoms. The van der Waals surface area contributed by atoms with E-state index in [1.165, 1.54) is 31.4 Å².